The van der Waals surface area contributed by atoms with Crippen molar-refractivity contribution in [3.63, 3.8) is 0 Å². The van der Waals surface area contributed by atoms with Crippen molar-refractivity contribution in [3.8, 4) is 0 Å². The minimum absolute atomic E-state index is 0.0172. The summed E-state index contributed by atoms with van der Waals surface area (Å²) in [6.45, 7) is 4.29. The molecule has 1 aliphatic rings. The lowest BCUT2D eigenvalue weighted by Gasteiger charge is -2.12. The summed E-state index contributed by atoms with van der Waals surface area (Å²) in [5, 5.41) is 1.89. The SMILES string of the molecule is CCCN1C(=O)S[C@@H](CC(=O)Nc2ccc(C)cc2)C1=O. The Morgan fingerprint density at radius 2 is 1.95 bits per heavy atom. The topological polar surface area (TPSA) is 66.5 Å². The fourth-order valence-electron chi connectivity index (χ4n) is 2.07. The standard InChI is InChI=1S/C15H18N2O3S/c1-3-8-17-14(19)12(21-15(17)20)9-13(18)16-11-6-4-10(2)5-7-11/h4-7,12H,3,8-9H2,1-2H3,(H,16,18)/t12-/m0/s1. The normalized spacial score (nSPS) is 18.2. The molecule has 0 bridgehead atoms. The highest BCUT2D eigenvalue weighted by Gasteiger charge is 2.39. The smallest absolute Gasteiger partial charge is 0.289 e. The lowest BCUT2D eigenvalue weighted by Crippen LogP contribution is -2.33. The number of carbonyl (C=O) groups is 3. The van der Waals surface area contributed by atoms with Gasteiger partial charge in [0, 0.05) is 18.7 Å². The van der Waals surface area contributed by atoms with Gasteiger partial charge in [0.1, 0.15) is 5.25 Å². The van der Waals surface area contributed by atoms with E-state index in [0.29, 0.717) is 12.2 Å². The van der Waals surface area contributed by atoms with Gasteiger partial charge in [-0.3, -0.25) is 19.3 Å². The molecule has 6 heteroatoms. The maximum Gasteiger partial charge on any atom is 0.289 e. The number of aryl methyl sites for hydroxylation is 1. The third-order valence-corrected chi connectivity index (χ3v) is 4.23. The van der Waals surface area contributed by atoms with Crippen LogP contribution in [0.1, 0.15) is 25.3 Å². The van der Waals surface area contributed by atoms with E-state index in [2.05, 4.69) is 5.32 Å². The van der Waals surface area contributed by atoms with Gasteiger partial charge in [0.15, 0.2) is 0 Å². The number of rotatable bonds is 5. The molecule has 112 valence electrons. The molecule has 1 N–H and O–H groups in total. The largest absolute Gasteiger partial charge is 0.326 e. The number of amides is 3. The van der Waals surface area contributed by atoms with Crippen LogP contribution in [0, 0.1) is 6.92 Å². The van der Waals surface area contributed by atoms with E-state index in [1.807, 2.05) is 38.1 Å². The summed E-state index contributed by atoms with van der Waals surface area (Å²) in [6, 6.07) is 7.42. The zero-order valence-corrected chi connectivity index (χ0v) is 12.9. The van der Waals surface area contributed by atoms with Gasteiger partial charge in [-0.1, -0.05) is 36.4 Å². The first-order valence-corrected chi connectivity index (χ1v) is 7.77. The maximum atomic E-state index is 12.0. The minimum atomic E-state index is -0.602. The first-order chi connectivity index (χ1) is 10.0. The van der Waals surface area contributed by atoms with E-state index in [0.717, 1.165) is 23.7 Å². The number of nitrogens with one attached hydrogen (secondary N) is 1. The summed E-state index contributed by atoms with van der Waals surface area (Å²) in [5.41, 5.74) is 1.80. The average Bonchev–Trinajstić information content (AvgIpc) is 2.69. The van der Waals surface area contributed by atoms with Crippen LogP contribution in [-0.4, -0.2) is 33.7 Å². The molecule has 3 amide bonds. The Morgan fingerprint density at radius 1 is 1.29 bits per heavy atom. The van der Waals surface area contributed by atoms with Gasteiger partial charge in [-0.15, -0.1) is 0 Å². The van der Waals surface area contributed by atoms with Crippen molar-refractivity contribution < 1.29 is 14.4 Å². The summed E-state index contributed by atoms with van der Waals surface area (Å²) in [4.78, 5) is 36.9. The number of anilines is 1. The first-order valence-electron chi connectivity index (χ1n) is 6.89. The highest BCUT2D eigenvalue weighted by Crippen LogP contribution is 2.29. The maximum absolute atomic E-state index is 12.0. The summed E-state index contributed by atoms with van der Waals surface area (Å²) >= 11 is 0.940. The van der Waals surface area contributed by atoms with Gasteiger partial charge in [-0.25, -0.2) is 0 Å². The molecule has 0 radical (unpaired) electrons. The second-order valence-electron chi connectivity index (χ2n) is 4.98. The van der Waals surface area contributed by atoms with Crippen molar-refractivity contribution in [2.24, 2.45) is 0 Å². The fraction of sp³-hybridized carbons (Fsp3) is 0.400. The van der Waals surface area contributed by atoms with Crippen LogP contribution in [0.2, 0.25) is 0 Å². The predicted molar refractivity (Wildman–Crippen MR) is 83.2 cm³/mol. The molecule has 1 aliphatic heterocycles. The quantitative estimate of drug-likeness (QED) is 0.908. The van der Waals surface area contributed by atoms with Gasteiger partial charge >= 0.3 is 0 Å². The van der Waals surface area contributed by atoms with Crippen LogP contribution in [0.25, 0.3) is 0 Å². The van der Waals surface area contributed by atoms with Crippen molar-refractivity contribution in [2.75, 3.05) is 11.9 Å². The van der Waals surface area contributed by atoms with Crippen LogP contribution in [0.4, 0.5) is 10.5 Å². The van der Waals surface area contributed by atoms with Gasteiger partial charge in [-0.05, 0) is 25.5 Å². The molecule has 0 unspecified atom stereocenters. The number of benzene rings is 1. The van der Waals surface area contributed by atoms with E-state index in [1.54, 1.807) is 0 Å². The number of carbonyl (C=O) groups excluding carboxylic acids is 3. The van der Waals surface area contributed by atoms with Gasteiger partial charge in [0.05, 0.1) is 0 Å². The number of nitrogens with zero attached hydrogens (tertiary/aromatic N) is 1. The molecule has 2 rings (SSSR count). The van der Waals surface area contributed by atoms with Crippen LogP contribution in [-0.2, 0) is 9.59 Å². The predicted octanol–water partition coefficient (Wildman–Crippen LogP) is 2.80. The van der Waals surface area contributed by atoms with Crippen LogP contribution < -0.4 is 5.32 Å². The molecule has 1 atom stereocenters. The molecule has 0 aromatic heterocycles. The van der Waals surface area contributed by atoms with E-state index in [1.165, 1.54) is 4.90 Å². The average molecular weight is 306 g/mol. The van der Waals surface area contributed by atoms with Gasteiger partial charge in [0.2, 0.25) is 11.8 Å². The number of hydrogen-bond donors (Lipinski definition) is 1. The molecule has 1 fully saturated rings. The second-order valence-corrected chi connectivity index (χ2v) is 6.13. The van der Waals surface area contributed by atoms with Crippen molar-refractivity contribution >= 4 is 34.5 Å². The first kappa shape index (κ1) is 15.6. The monoisotopic (exact) mass is 306 g/mol. The lowest BCUT2D eigenvalue weighted by atomic mass is 10.2. The van der Waals surface area contributed by atoms with E-state index < -0.39 is 5.25 Å². The highest BCUT2D eigenvalue weighted by atomic mass is 32.2. The Kier molecular flexibility index (Phi) is 5.01. The zero-order chi connectivity index (χ0) is 15.4. The Balaban J connectivity index is 1.92. The Bertz CT molecular complexity index is 557. The van der Waals surface area contributed by atoms with Crippen molar-refractivity contribution in [1.82, 2.24) is 4.90 Å². The van der Waals surface area contributed by atoms with Crippen LogP contribution >= 0.6 is 11.8 Å². The summed E-state index contributed by atoms with van der Waals surface area (Å²) < 4.78 is 0. The molecule has 0 aliphatic carbocycles. The van der Waals surface area contributed by atoms with Crippen LogP contribution in [0.15, 0.2) is 24.3 Å². The van der Waals surface area contributed by atoms with Crippen LogP contribution in [0.3, 0.4) is 0 Å². The highest BCUT2D eigenvalue weighted by molar-refractivity contribution is 8.15. The molecular weight excluding hydrogens is 288 g/mol. The van der Waals surface area contributed by atoms with E-state index in [9.17, 15) is 14.4 Å². The molecule has 1 saturated heterocycles. The van der Waals surface area contributed by atoms with Crippen molar-refractivity contribution in [3.05, 3.63) is 29.8 Å². The van der Waals surface area contributed by atoms with Gasteiger partial charge in [0.25, 0.3) is 5.24 Å². The summed E-state index contributed by atoms with van der Waals surface area (Å²) in [6.07, 6.45) is 0.740. The second kappa shape index (κ2) is 6.76. The van der Waals surface area contributed by atoms with E-state index >= 15 is 0 Å². The van der Waals surface area contributed by atoms with Crippen molar-refractivity contribution in [1.29, 1.82) is 0 Å². The molecule has 21 heavy (non-hydrogen) atoms. The third-order valence-electron chi connectivity index (χ3n) is 3.16. The van der Waals surface area contributed by atoms with Gasteiger partial charge < -0.3 is 5.32 Å². The van der Waals surface area contributed by atoms with Gasteiger partial charge in [-0.2, -0.15) is 0 Å². The molecule has 0 spiro atoms. The van der Waals surface area contributed by atoms with E-state index in [-0.39, 0.29) is 23.5 Å². The number of imide groups is 1. The number of hydrogen-bond acceptors (Lipinski definition) is 4. The van der Waals surface area contributed by atoms with E-state index in [4.69, 9.17) is 0 Å². The Hall–Kier alpha value is -1.82. The third kappa shape index (κ3) is 3.85. The minimum Gasteiger partial charge on any atom is -0.326 e. The summed E-state index contributed by atoms with van der Waals surface area (Å²) in [5.74, 6) is -0.512. The van der Waals surface area contributed by atoms with Crippen LogP contribution in [0.5, 0.6) is 0 Å². The number of thioether (sulfide) groups is 1. The molecule has 0 saturated carbocycles. The Morgan fingerprint density at radius 3 is 2.57 bits per heavy atom. The van der Waals surface area contributed by atoms with Crippen molar-refractivity contribution in [2.45, 2.75) is 31.9 Å². The lowest BCUT2D eigenvalue weighted by molar-refractivity contribution is -0.128. The molecule has 5 nitrogen and oxygen atoms in total. The zero-order valence-electron chi connectivity index (χ0n) is 12.1. The molecule has 1 aromatic carbocycles. The summed E-state index contributed by atoms with van der Waals surface area (Å²) in [7, 11) is 0. The molecular formula is C15H18N2O3S. The molecule has 1 heterocycles. The Labute approximate surface area is 128 Å². The fourth-order valence-corrected chi connectivity index (χ4v) is 3.09. The molecule has 1 aromatic rings.